The molecule has 1 saturated heterocycles. The maximum atomic E-state index is 13.9. The second-order valence-corrected chi connectivity index (χ2v) is 8.49. The number of nitrogens with zero attached hydrogens (tertiary/aromatic N) is 4. The lowest BCUT2D eigenvalue weighted by Crippen LogP contribution is -2.38. The van der Waals surface area contributed by atoms with Gasteiger partial charge in [-0.15, -0.1) is 10.2 Å². The van der Waals surface area contributed by atoms with Crippen LogP contribution in [0.15, 0.2) is 59.8 Å². The molecule has 0 spiro atoms. The van der Waals surface area contributed by atoms with Gasteiger partial charge in [0.05, 0.1) is 30.7 Å². The summed E-state index contributed by atoms with van der Waals surface area (Å²) in [6.07, 6.45) is 0. The molecular formula is C22H24FN5O2S. The molecule has 1 N–H and O–H groups in total. The first-order valence-electron chi connectivity index (χ1n) is 10.1. The van der Waals surface area contributed by atoms with Crippen molar-refractivity contribution >= 4 is 29.3 Å². The van der Waals surface area contributed by atoms with Gasteiger partial charge in [-0.05, 0) is 24.6 Å². The van der Waals surface area contributed by atoms with Gasteiger partial charge in [-0.2, -0.15) is 0 Å². The summed E-state index contributed by atoms with van der Waals surface area (Å²) in [4.78, 5) is 14.8. The van der Waals surface area contributed by atoms with E-state index in [1.165, 1.54) is 17.8 Å². The summed E-state index contributed by atoms with van der Waals surface area (Å²) < 4.78 is 21.4. The molecule has 3 aromatic rings. The van der Waals surface area contributed by atoms with Crippen LogP contribution in [0.25, 0.3) is 0 Å². The highest BCUT2D eigenvalue weighted by Gasteiger charge is 2.24. The summed E-state index contributed by atoms with van der Waals surface area (Å²) in [6.45, 7) is 5.12. The molecule has 1 fully saturated rings. The third-order valence-corrected chi connectivity index (χ3v) is 6.04. The second kappa shape index (κ2) is 9.93. The van der Waals surface area contributed by atoms with Crippen LogP contribution < -0.4 is 10.2 Å². The minimum atomic E-state index is -0.490. The zero-order valence-electron chi connectivity index (χ0n) is 17.2. The van der Waals surface area contributed by atoms with Gasteiger partial charge in [-0.3, -0.25) is 9.36 Å². The Bertz CT molecular complexity index is 1020. The van der Waals surface area contributed by atoms with Crippen molar-refractivity contribution in [2.45, 2.75) is 23.9 Å². The molecule has 1 aliphatic heterocycles. The molecule has 9 heteroatoms. The Morgan fingerprint density at radius 1 is 1.13 bits per heavy atom. The Hall–Kier alpha value is -2.91. The number of halogens is 1. The number of hydrogen-bond acceptors (Lipinski definition) is 6. The Balaban J connectivity index is 1.54. The molecule has 1 atom stereocenters. The SMILES string of the molecule is CC(Sc1nnc(N2CCOCC2)n1Cc1ccccc1)C(=O)Nc1ccccc1F. The number of carbonyl (C=O) groups excluding carboxylic acids is 1. The van der Waals surface area contributed by atoms with Crippen molar-refractivity contribution < 1.29 is 13.9 Å². The third-order valence-electron chi connectivity index (χ3n) is 4.96. The van der Waals surface area contributed by atoms with Crippen molar-refractivity contribution in [2.75, 3.05) is 36.5 Å². The van der Waals surface area contributed by atoms with Gasteiger partial charge in [0.2, 0.25) is 11.9 Å². The molecule has 1 amide bonds. The molecule has 0 bridgehead atoms. The van der Waals surface area contributed by atoms with Crippen LogP contribution in [0.4, 0.5) is 16.0 Å². The topological polar surface area (TPSA) is 72.3 Å². The molecule has 1 unspecified atom stereocenters. The average molecular weight is 442 g/mol. The van der Waals surface area contributed by atoms with Gasteiger partial charge in [0.1, 0.15) is 5.82 Å². The maximum Gasteiger partial charge on any atom is 0.237 e. The number of nitrogens with one attached hydrogen (secondary N) is 1. The predicted octanol–water partition coefficient (Wildman–Crippen LogP) is 3.42. The molecule has 1 aliphatic rings. The first kappa shape index (κ1) is 21.3. The number of ether oxygens (including phenoxy) is 1. The van der Waals surface area contributed by atoms with Crippen molar-refractivity contribution in [2.24, 2.45) is 0 Å². The molecule has 162 valence electrons. The molecule has 7 nitrogen and oxygen atoms in total. The molecule has 2 heterocycles. The van der Waals surface area contributed by atoms with Gasteiger partial charge in [-0.25, -0.2) is 4.39 Å². The lowest BCUT2D eigenvalue weighted by Gasteiger charge is -2.28. The number of amides is 1. The molecule has 2 aromatic carbocycles. The van der Waals surface area contributed by atoms with Gasteiger partial charge in [0, 0.05) is 13.1 Å². The van der Waals surface area contributed by atoms with E-state index in [2.05, 4.69) is 20.4 Å². The first-order chi connectivity index (χ1) is 15.1. The first-order valence-corrected chi connectivity index (χ1v) is 11.0. The minimum absolute atomic E-state index is 0.166. The van der Waals surface area contributed by atoms with Crippen molar-refractivity contribution in [3.63, 3.8) is 0 Å². The Morgan fingerprint density at radius 3 is 2.58 bits per heavy atom. The van der Waals surface area contributed by atoms with Gasteiger partial charge in [0.15, 0.2) is 5.16 Å². The number of morpholine rings is 1. The van der Waals surface area contributed by atoms with Crippen LogP contribution in [-0.2, 0) is 16.1 Å². The van der Waals surface area contributed by atoms with E-state index < -0.39 is 11.1 Å². The number of carbonyl (C=O) groups is 1. The van der Waals surface area contributed by atoms with Crippen LogP contribution in [0.5, 0.6) is 0 Å². The van der Waals surface area contributed by atoms with Crippen molar-refractivity contribution in [3.8, 4) is 0 Å². The summed E-state index contributed by atoms with van der Waals surface area (Å²) in [5.41, 5.74) is 1.28. The average Bonchev–Trinajstić information content (AvgIpc) is 3.18. The van der Waals surface area contributed by atoms with Crippen molar-refractivity contribution in [3.05, 3.63) is 66.0 Å². The van der Waals surface area contributed by atoms with Gasteiger partial charge >= 0.3 is 0 Å². The van der Waals surface area contributed by atoms with Crippen LogP contribution >= 0.6 is 11.8 Å². The standard InChI is InChI=1S/C22H24FN5O2S/c1-16(20(29)24-19-10-6-5-9-18(19)23)31-22-26-25-21(27-11-13-30-14-12-27)28(22)15-17-7-3-2-4-8-17/h2-10,16H,11-15H2,1H3,(H,24,29). The van der Waals surface area contributed by atoms with Gasteiger partial charge < -0.3 is 15.0 Å². The molecule has 1 aromatic heterocycles. The summed E-state index contributed by atoms with van der Waals surface area (Å²) in [6, 6.07) is 16.2. The quantitative estimate of drug-likeness (QED) is 0.567. The summed E-state index contributed by atoms with van der Waals surface area (Å²) >= 11 is 1.30. The number of rotatable bonds is 7. The van der Waals surface area contributed by atoms with E-state index in [-0.39, 0.29) is 11.6 Å². The lowest BCUT2D eigenvalue weighted by atomic mass is 10.2. The highest BCUT2D eigenvalue weighted by molar-refractivity contribution is 8.00. The molecule has 31 heavy (non-hydrogen) atoms. The zero-order valence-corrected chi connectivity index (χ0v) is 18.0. The number of aromatic nitrogens is 3. The monoisotopic (exact) mass is 441 g/mol. The maximum absolute atomic E-state index is 13.9. The second-order valence-electron chi connectivity index (χ2n) is 7.18. The predicted molar refractivity (Wildman–Crippen MR) is 119 cm³/mol. The van der Waals surface area contributed by atoms with Crippen molar-refractivity contribution in [1.82, 2.24) is 14.8 Å². The highest BCUT2D eigenvalue weighted by Crippen LogP contribution is 2.28. The van der Waals surface area contributed by atoms with Crippen LogP contribution in [0.3, 0.4) is 0 Å². The molecular weight excluding hydrogens is 417 g/mol. The summed E-state index contributed by atoms with van der Waals surface area (Å²) in [5.74, 6) is 0.00328. The van der Waals surface area contributed by atoms with Gasteiger partial charge in [-0.1, -0.05) is 54.2 Å². The van der Waals surface area contributed by atoms with E-state index in [1.807, 2.05) is 34.9 Å². The number of para-hydroxylation sites is 1. The zero-order chi connectivity index (χ0) is 21.6. The number of hydrogen-bond donors (Lipinski definition) is 1. The molecule has 0 aliphatic carbocycles. The Morgan fingerprint density at radius 2 is 1.84 bits per heavy atom. The Labute approximate surface area is 184 Å². The minimum Gasteiger partial charge on any atom is -0.378 e. The van der Waals surface area contributed by atoms with E-state index in [0.717, 1.165) is 24.6 Å². The molecule has 0 radical (unpaired) electrons. The smallest absolute Gasteiger partial charge is 0.237 e. The normalized spacial score (nSPS) is 15.0. The van der Waals surface area contributed by atoms with Crippen molar-refractivity contribution in [1.29, 1.82) is 0 Å². The summed E-state index contributed by atoms with van der Waals surface area (Å²) in [5, 5.41) is 11.6. The van der Waals surface area contributed by atoms with Crippen LogP contribution in [-0.4, -0.2) is 52.2 Å². The van der Waals surface area contributed by atoms with Crippen LogP contribution in [0, 0.1) is 5.82 Å². The van der Waals surface area contributed by atoms with E-state index in [1.54, 1.807) is 25.1 Å². The Kier molecular flexibility index (Phi) is 6.83. The van der Waals surface area contributed by atoms with E-state index >= 15 is 0 Å². The van der Waals surface area contributed by atoms with Crippen LogP contribution in [0.2, 0.25) is 0 Å². The van der Waals surface area contributed by atoms with Gasteiger partial charge in [0.25, 0.3) is 0 Å². The fourth-order valence-electron chi connectivity index (χ4n) is 3.28. The number of anilines is 2. The fourth-order valence-corrected chi connectivity index (χ4v) is 4.12. The van der Waals surface area contributed by atoms with E-state index in [0.29, 0.717) is 24.9 Å². The van der Waals surface area contributed by atoms with E-state index in [4.69, 9.17) is 4.74 Å². The lowest BCUT2D eigenvalue weighted by molar-refractivity contribution is -0.115. The largest absolute Gasteiger partial charge is 0.378 e. The third kappa shape index (κ3) is 5.23. The number of thioether (sulfide) groups is 1. The van der Waals surface area contributed by atoms with Crippen LogP contribution in [0.1, 0.15) is 12.5 Å². The fraction of sp³-hybridized carbons (Fsp3) is 0.318. The number of benzene rings is 2. The van der Waals surface area contributed by atoms with E-state index in [9.17, 15) is 9.18 Å². The highest BCUT2D eigenvalue weighted by atomic mass is 32.2. The molecule has 4 rings (SSSR count). The molecule has 0 saturated carbocycles. The summed E-state index contributed by atoms with van der Waals surface area (Å²) in [7, 11) is 0.